The maximum Gasteiger partial charge on any atom is 0.416 e. The van der Waals surface area contributed by atoms with Crippen molar-refractivity contribution in [2.75, 3.05) is 6.54 Å². The van der Waals surface area contributed by atoms with Crippen LogP contribution in [0.3, 0.4) is 0 Å². The normalized spacial score (nSPS) is 25.2. The molecule has 17 heavy (non-hydrogen) atoms. The van der Waals surface area contributed by atoms with E-state index < -0.39 is 17.6 Å². The number of benzene rings is 1. The fraction of sp³-hybridized carbons (Fsp3) is 0.500. The molecule has 1 heterocycles. The van der Waals surface area contributed by atoms with Gasteiger partial charge in [0.15, 0.2) is 0 Å². The van der Waals surface area contributed by atoms with E-state index in [0.29, 0.717) is 17.5 Å². The van der Waals surface area contributed by atoms with Crippen LogP contribution in [0.2, 0.25) is 0 Å². The van der Waals surface area contributed by atoms with Gasteiger partial charge in [0.1, 0.15) is 5.82 Å². The Morgan fingerprint density at radius 3 is 2.47 bits per heavy atom. The van der Waals surface area contributed by atoms with Gasteiger partial charge < -0.3 is 5.32 Å². The van der Waals surface area contributed by atoms with Gasteiger partial charge in [0.25, 0.3) is 0 Å². The van der Waals surface area contributed by atoms with Crippen molar-refractivity contribution in [1.29, 1.82) is 0 Å². The van der Waals surface area contributed by atoms with E-state index in [9.17, 15) is 17.6 Å². The fourth-order valence-electron chi connectivity index (χ4n) is 2.14. The first-order valence-electron chi connectivity index (χ1n) is 5.47. The summed E-state index contributed by atoms with van der Waals surface area (Å²) in [5.74, 6) is -0.436. The van der Waals surface area contributed by atoms with Gasteiger partial charge in [-0.2, -0.15) is 13.2 Å². The predicted octanol–water partition coefficient (Wildman–Crippen LogP) is 3.52. The molecule has 1 fully saturated rings. The molecule has 0 radical (unpaired) electrons. The van der Waals surface area contributed by atoms with Crippen LogP contribution in [-0.2, 0) is 6.18 Å². The Morgan fingerprint density at radius 2 is 1.94 bits per heavy atom. The molecule has 2 rings (SSSR count). The van der Waals surface area contributed by atoms with Crippen LogP contribution in [0.1, 0.15) is 30.5 Å². The van der Waals surface area contributed by atoms with Crippen molar-refractivity contribution in [2.45, 2.75) is 25.6 Å². The number of alkyl halides is 3. The number of halogens is 4. The highest BCUT2D eigenvalue weighted by Crippen LogP contribution is 2.34. The van der Waals surface area contributed by atoms with Crippen molar-refractivity contribution in [3.8, 4) is 0 Å². The molecule has 2 unspecified atom stereocenters. The summed E-state index contributed by atoms with van der Waals surface area (Å²) >= 11 is 0. The van der Waals surface area contributed by atoms with Crippen molar-refractivity contribution in [3.05, 3.63) is 35.1 Å². The smallest absolute Gasteiger partial charge is 0.310 e. The number of hydrogen-bond acceptors (Lipinski definition) is 1. The van der Waals surface area contributed by atoms with Crippen LogP contribution in [-0.4, -0.2) is 6.54 Å². The molecule has 1 aliphatic heterocycles. The molecule has 1 aromatic carbocycles. The second kappa shape index (κ2) is 4.29. The Labute approximate surface area is 96.8 Å². The average Bonchev–Trinajstić information content (AvgIpc) is 2.62. The monoisotopic (exact) mass is 247 g/mol. The van der Waals surface area contributed by atoms with Crippen LogP contribution in [0.4, 0.5) is 17.6 Å². The lowest BCUT2D eigenvalue weighted by atomic mass is 9.99. The molecule has 0 spiro atoms. The van der Waals surface area contributed by atoms with E-state index >= 15 is 0 Å². The molecule has 94 valence electrons. The van der Waals surface area contributed by atoms with Crippen LogP contribution in [0.5, 0.6) is 0 Å². The molecule has 1 aromatic rings. The predicted molar refractivity (Wildman–Crippen MR) is 55.9 cm³/mol. The Balaban J connectivity index is 2.32. The minimum Gasteiger partial charge on any atom is -0.310 e. The molecule has 0 bridgehead atoms. The quantitative estimate of drug-likeness (QED) is 0.749. The Hall–Kier alpha value is -1.10. The maximum absolute atomic E-state index is 13.2. The molecule has 0 aromatic heterocycles. The van der Waals surface area contributed by atoms with E-state index in [2.05, 4.69) is 5.32 Å². The lowest BCUT2D eigenvalue weighted by Crippen LogP contribution is -2.15. The minimum absolute atomic E-state index is 0.179. The molecule has 2 atom stereocenters. The molecule has 1 aliphatic rings. The standard InChI is InChI=1S/C12H13F4N/c1-7-2-11(17-6-7)8-3-9(12(14,15)16)5-10(13)4-8/h3-5,7,11,17H,2,6H2,1H3. The third-order valence-corrected chi connectivity index (χ3v) is 3.00. The minimum atomic E-state index is -4.50. The summed E-state index contributed by atoms with van der Waals surface area (Å²) in [6.45, 7) is 2.76. The summed E-state index contributed by atoms with van der Waals surface area (Å²) in [4.78, 5) is 0. The van der Waals surface area contributed by atoms with Crippen molar-refractivity contribution in [2.24, 2.45) is 5.92 Å². The van der Waals surface area contributed by atoms with E-state index in [-0.39, 0.29) is 6.04 Å². The van der Waals surface area contributed by atoms with Crippen LogP contribution in [0, 0.1) is 11.7 Å². The van der Waals surface area contributed by atoms with Gasteiger partial charge in [-0.25, -0.2) is 4.39 Å². The van der Waals surface area contributed by atoms with Gasteiger partial charge in [-0.3, -0.25) is 0 Å². The van der Waals surface area contributed by atoms with Crippen LogP contribution >= 0.6 is 0 Å². The summed E-state index contributed by atoms with van der Waals surface area (Å²) < 4.78 is 50.8. The summed E-state index contributed by atoms with van der Waals surface area (Å²) in [6.07, 6.45) is -3.76. The second-order valence-corrected chi connectivity index (χ2v) is 4.57. The second-order valence-electron chi connectivity index (χ2n) is 4.57. The van der Waals surface area contributed by atoms with Gasteiger partial charge in [-0.05, 0) is 42.6 Å². The van der Waals surface area contributed by atoms with E-state index in [1.807, 2.05) is 6.92 Å². The highest BCUT2D eigenvalue weighted by molar-refractivity contribution is 5.29. The summed E-state index contributed by atoms with van der Waals surface area (Å²) in [7, 11) is 0. The Bertz CT molecular complexity index is 413. The molecule has 0 aliphatic carbocycles. The van der Waals surface area contributed by atoms with E-state index in [0.717, 1.165) is 19.0 Å². The highest BCUT2D eigenvalue weighted by atomic mass is 19.4. The van der Waals surface area contributed by atoms with Gasteiger partial charge in [0.05, 0.1) is 5.56 Å². The summed E-state index contributed by atoms with van der Waals surface area (Å²) in [5, 5.41) is 3.09. The topological polar surface area (TPSA) is 12.0 Å². The van der Waals surface area contributed by atoms with Crippen molar-refractivity contribution < 1.29 is 17.6 Å². The SMILES string of the molecule is CC1CNC(c2cc(F)cc(C(F)(F)F)c2)C1. The summed E-state index contributed by atoms with van der Waals surface area (Å²) in [6, 6.07) is 2.55. The van der Waals surface area contributed by atoms with Crippen LogP contribution < -0.4 is 5.32 Å². The summed E-state index contributed by atoms with van der Waals surface area (Å²) in [5.41, 5.74) is -0.546. The van der Waals surface area contributed by atoms with Gasteiger partial charge in [0.2, 0.25) is 0 Å². The number of hydrogen-bond donors (Lipinski definition) is 1. The van der Waals surface area contributed by atoms with Crippen molar-refractivity contribution >= 4 is 0 Å². The molecule has 5 heteroatoms. The zero-order valence-electron chi connectivity index (χ0n) is 9.31. The number of rotatable bonds is 1. The van der Waals surface area contributed by atoms with Crippen molar-refractivity contribution in [1.82, 2.24) is 5.32 Å². The Morgan fingerprint density at radius 1 is 1.24 bits per heavy atom. The first kappa shape index (κ1) is 12.4. The first-order valence-corrected chi connectivity index (χ1v) is 5.47. The fourth-order valence-corrected chi connectivity index (χ4v) is 2.14. The first-order chi connectivity index (χ1) is 7.86. The largest absolute Gasteiger partial charge is 0.416 e. The van der Waals surface area contributed by atoms with E-state index in [1.165, 1.54) is 6.07 Å². The van der Waals surface area contributed by atoms with Crippen molar-refractivity contribution in [3.63, 3.8) is 0 Å². The molecule has 1 saturated heterocycles. The average molecular weight is 247 g/mol. The van der Waals surface area contributed by atoms with Gasteiger partial charge >= 0.3 is 6.18 Å². The zero-order valence-corrected chi connectivity index (χ0v) is 9.31. The molecule has 0 amide bonds. The highest BCUT2D eigenvalue weighted by Gasteiger charge is 2.32. The molecule has 0 saturated carbocycles. The molecule has 1 N–H and O–H groups in total. The third-order valence-electron chi connectivity index (χ3n) is 3.00. The maximum atomic E-state index is 13.2. The number of nitrogens with one attached hydrogen (secondary N) is 1. The molecule has 1 nitrogen and oxygen atoms in total. The lowest BCUT2D eigenvalue weighted by molar-refractivity contribution is -0.137. The van der Waals surface area contributed by atoms with E-state index in [1.54, 1.807) is 0 Å². The zero-order chi connectivity index (χ0) is 12.6. The third kappa shape index (κ3) is 2.77. The van der Waals surface area contributed by atoms with Gasteiger partial charge in [-0.15, -0.1) is 0 Å². The van der Waals surface area contributed by atoms with Crippen LogP contribution in [0.25, 0.3) is 0 Å². The lowest BCUT2D eigenvalue weighted by Gasteiger charge is -2.14. The Kier molecular flexibility index (Phi) is 3.12. The molecular weight excluding hydrogens is 234 g/mol. The van der Waals surface area contributed by atoms with Gasteiger partial charge in [-0.1, -0.05) is 6.92 Å². The molecular formula is C12H13F4N. The van der Waals surface area contributed by atoms with E-state index in [4.69, 9.17) is 0 Å². The van der Waals surface area contributed by atoms with Gasteiger partial charge in [0, 0.05) is 6.04 Å². The van der Waals surface area contributed by atoms with Crippen LogP contribution in [0.15, 0.2) is 18.2 Å².